The normalized spacial score (nSPS) is 11.5. The molecule has 7 heteroatoms. The topological polar surface area (TPSA) is 89.4 Å². The lowest BCUT2D eigenvalue weighted by atomic mass is 10.1. The monoisotopic (exact) mass is 418 g/mol. The van der Waals surface area contributed by atoms with Crippen LogP contribution in [-0.2, 0) is 22.7 Å². The summed E-state index contributed by atoms with van der Waals surface area (Å²) in [4.78, 5) is 29.2. The number of unbranched alkanes of at least 4 members (excludes halogenated alkanes) is 1. The molecule has 160 valence electrons. The van der Waals surface area contributed by atoms with Gasteiger partial charge in [0.05, 0.1) is 5.69 Å². The van der Waals surface area contributed by atoms with Crippen LogP contribution in [0.4, 0.5) is 0 Å². The van der Waals surface area contributed by atoms with Gasteiger partial charge in [0.1, 0.15) is 23.9 Å². The van der Waals surface area contributed by atoms with E-state index in [9.17, 15) is 14.9 Å². The minimum atomic E-state index is -0.743. The van der Waals surface area contributed by atoms with E-state index >= 15 is 0 Å². The molecule has 0 aromatic carbocycles. The van der Waals surface area contributed by atoms with Crippen LogP contribution in [-0.4, -0.2) is 19.9 Å². The first-order valence-corrected chi connectivity index (χ1v) is 10.3. The highest BCUT2D eigenvalue weighted by Gasteiger charge is 2.15. The van der Waals surface area contributed by atoms with Crippen LogP contribution in [0.5, 0.6) is 0 Å². The molecule has 0 amide bonds. The fraction of sp³-hybridized carbons (Fsp3) is 0.333. The van der Waals surface area contributed by atoms with Crippen molar-refractivity contribution in [1.82, 2.24) is 14.0 Å². The quantitative estimate of drug-likeness (QED) is 0.330. The van der Waals surface area contributed by atoms with Gasteiger partial charge < -0.3 is 9.30 Å². The van der Waals surface area contributed by atoms with Crippen LogP contribution < -0.4 is 5.56 Å². The molecule has 0 aliphatic carbocycles. The van der Waals surface area contributed by atoms with Gasteiger partial charge >= 0.3 is 5.97 Å². The highest BCUT2D eigenvalue weighted by atomic mass is 16.5. The van der Waals surface area contributed by atoms with Gasteiger partial charge in [-0.2, -0.15) is 5.26 Å². The Hall–Kier alpha value is -3.66. The van der Waals surface area contributed by atoms with Gasteiger partial charge in [-0.15, -0.1) is 0 Å². The van der Waals surface area contributed by atoms with Crippen molar-refractivity contribution < 1.29 is 9.53 Å². The SMILES string of the molecule is CCCCn1c(C)cc(/C=C(\C#N)C(=O)OCc2cc(=O)n3c(C)cccc3n2)c1C. The summed E-state index contributed by atoms with van der Waals surface area (Å²) in [6.45, 7) is 8.65. The van der Waals surface area contributed by atoms with Crippen LogP contribution in [0.1, 0.15) is 48.1 Å². The molecule has 0 unspecified atom stereocenters. The van der Waals surface area contributed by atoms with E-state index in [2.05, 4.69) is 16.5 Å². The summed E-state index contributed by atoms with van der Waals surface area (Å²) >= 11 is 0. The van der Waals surface area contributed by atoms with Gasteiger partial charge in [0.2, 0.25) is 0 Å². The number of fused-ring (bicyclic) bond motifs is 1. The number of pyridine rings is 1. The third-order valence-electron chi connectivity index (χ3n) is 5.27. The molecule has 31 heavy (non-hydrogen) atoms. The van der Waals surface area contributed by atoms with E-state index in [0.29, 0.717) is 11.3 Å². The van der Waals surface area contributed by atoms with E-state index in [-0.39, 0.29) is 17.7 Å². The highest BCUT2D eigenvalue weighted by molar-refractivity contribution is 5.98. The average Bonchev–Trinajstić information content (AvgIpc) is 3.01. The molecule has 0 radical (unpaired) electrons. The molecule has 3 aromatic rings. The van der Waals surface area contributed by atoms with Gasteiger partial charge in [-0.05, 0) is 57.0 Å². The largest absolute Gasteiger partial charge is 0.455 e. The minimum Gasteiger partial charge on any atom is -0.455 e. The first-order valence-electron chi connectivity index (χ1n) is 10.3. The van der Waals surface area contributed by atoms with E-state index in [1.54, 1.807) is 18.2 Å². The van der Waals surface area contributed by atoms with Crippen LogP contribution in [0, 0.1) is 32.1 Å². The van der Waals surface area contributed by atoms with Gasteiger partial charge in [-0.3, -0.25) is 9.20 Å². The molecule has 3 rings (SSSR count). The van der Waals surface area contributed by atoms with Crippen LogP contribution in [0.25, 0.3) is 11.7 Å². The first kappa shape index (κ1) is 22.0. The Morgan fingerprint density at radius 2 is 2.00 bits per heavy atom. The van der Waals surface area contributed by atoms with Crippen molar-refractivity contribution in [3.8, 4) is 6.07 Å². The molecule has 7 nitrogen and oxygen atoms in total. The second kappa shape index (κ2) is 9.43. The van der Waals surface area contributed by atoms with Gasteiger partial charge in [0.25, 0.3) is 5.56 Å². The van der Waals surface area contributed by atoms with Crippen molar-refractivity contribution in [1.29, 1.82) is 5.26 Å². The molecule has 3 aromatic heterocycles. The molecule has 3 heterocycles. The number of aromatic nitrogens is 3. The van der Waals surface area contributed by atoms with E-state index in [1.807, 2.05) is 39.0 Å². The Balaban J connectivity index is 1.79. The second-order valence-electron chi connectivity index (χ2n) is 7.52. The number of hydrogen-bond donors (Lipinski definition) is 0. The van der Waals surface area contributed by atoms with Crippen molar-refractivity contribution in [3.05, 3.63) is 74.6 Å². The molecule has 0 spiro atoms. The number of ether oxygens (including phenoxy) is 1. The zero-order chi connectivity index (χ0) is 22.5. The number of nitriles is 1. The molecular weight excluding hydrogens is 392 g/mol. The van der Waals surface area contributed by atoms with Crippen LogP contribution in [0.3, 0.4) is 0 Å². The van der Waals surface area contributed by atoms with Crippen molar-refractivity contribution in [2.75, 3.05) is 0 Å². The Kier molecular flexibility index (Phi) is 6.71. The van der Waals surface area contributed by atoms with Crippen molar-refractivity contribution in [2.24, 2.45) is 0 Å². The molecule has 0 aliphatic rings. The van der Waals surface area contributed by atoms with Crippen LogP contribution >= 0.6 is 0 Å². The molecule has 0 aliphatic heterocycles. The van der Waals surface area contributed by atoms with Gasteiger partial charge in [0, 0.05) is 29.7 Å². The zero-order valence-electron chi connectivity index (χ0n) is 18.3. The molecule has 0 atom stereocenters. The number of rotatable bonds is 7. The lowest BCUT2D eigenvalue weighted by molar-refractivity contribution is -0.139. The lowest BCUT2D eigenvalue weighted by Crippen LogP contribution is -2.18. The van der Waals surface area contributed by atoms with Gasteiger partial charge in [0.15, 0.2) is 0 Å². The lowest BCUT2D eigenvalue weighted by Gasteiger charge is -2.08. The predicted octanol–water partition coefficient (Wildman–Crippen LogP) is 3.87. The maximum Gasteiger partial charge on any atom is 0.349 e. The fourth-order valence-corrected chi connectivity index (χ4v) is 3.58. The Morgan fingerprint density at radius 1 is 1.23 bits per heavy atom. The first-order chi connectivity index (χ1) is 14.8. The summed E-state index contributed by atoms with van der Waals surface area (Å²) in [5.41, 5.74) is 4.15. The Labute approximate surface area is 181 Å². The molecule has 0 N–H and O–H groups in total. The van der Waals surface area contributed by atoms with Crippen molar-refractivity contribution >= 4 is 17.7 Å². The number of carbonyl (C=O) groups excluding carboxylic acids is 1. The molecule has 0 bridgehead atoms. The number of carbonyl (C=O) groups is 1. The maximum absolute atomic E-state index is 12.5. The molecule has 0 saturated heterocycles. The molecule has 0 saturated carbocycles. The van der Waals surface area contributed by atoms with Gasteiger partial charge in [-0.1, -0.05) is 19.4 Å². The summed E-state index contributed by atoms with van der Waals surface area (Å²) in [7, 11) is 0. The third-order valence-corrected chi connectivity index (χ3v) is 5.27. The number of nitrogens with zero attached hydrogens (tertiary/aromatic N) is 4. The van der Waals surface area contributed by atoms with Gasteiger partial charge in [-0.25, -0.2) is 9.78 Å². The Bertz CT molecular complexity index is 1260. The zero-order valence-corrected chi connectivity index (χ0v) is 18.3. The average molecular weight is 418 g/mol. The fourth-order valence-electron chi connectivity index (χ4n) is 3.58. The van der Waals surface area contributed by atoms with E-state index in [1.165, 1.54) is 10.5 Å². The predicted molar refractivity (Wildman–Crippen MR) is 118 cm³/mol. The minimum absolute atomic E-state index is 0.0934. The number of esters is 1. The second-order valence-corrected chi connectivity index (χ2v) is 7.52. The summed E-state index contributed by atoms with van der Waals surface area (Å²) in [6.07, 6.45) is 3.70. The molecule has 0 fully saturated rings. The Morgan fingerprint density at radius 3 is 2.71 bits per heavy atom. The van der Waals surface area contributed by atoms with E-state index in [0.717, 1.165) is 42.0 Å². The number of aryl methyl sites for hydroxylation is 2. The van der Waals surface area contributed by atoms with Crippen LogP contribution in [0.2, 0.25) is 0 Å². The van der Waals surface area contributed by atoms with E-state index < -0.39 is 5.97 Å². The van der Waals surface area contributed by atoms with Crippen molar-refractivity contribution in [2.45, 2.75) is 53.7 Å². The van der Waals surface area contributed by atoms with Crippen LogP contribution in [0.15, 0.2) is 40.7 Å². The summed E-state index contributed by atoms with van der Waals surface area (Å²) in [5, 5.41) is 9.48. The summed E-state index contributed by atoms with van der Waals surface area (Å²) in [6, 6.07) is 10.6. The maximum atomic E-state index is 12.5. The standard InChI is InChI=1S/C24H26N4O3/c1-5-6-10-27-17(3)11-19(18(27)4)12-20(14-25)24(30)31-15-21-13-23(29)28-16(2)8-7-9-22(28)26-21/h7-9,11-13H,5-6,10,15H2,1-4H3/b20-12+. The van der Waals surface area contributed by atoms with Crippen molar-refractivity contribution in [3.63, 3.8) is 0 Å². The summed E-state index contributed by atoms with van der Waals surface area (Å²) in [5.74, 6) is -0.743. The summed E-state index contributed by atoms with van der Waals surface area (Å²) < 4.78 is 8.95. The smallest absolute Gasteiger partial charge is 0.349 e. The number of hydrogen-bond acceptors (Lipinski definition) is 5. The molecular formula is C24H26N4O3. The van der Waals surface area contributed by atoms with E-state index in [4.69, 9.17) is 4.74 Å². The third kappa shape index (κ3) is 4.75. The highest BCUT2D eigenvalue weighted by Crippen LogP contribution is 2.19.